The summed E-state index contributed by atoms with van der Waals surface area (Å²) in [5.41, 5.74) is 2.22. The maximum atomic E-state index is 13.2. The topological polar surface area (TPSA) is 78.1 Å². The third-order valence-corrected chi connectivity index (χ3v) is 7.33. The third-order valence-electron chi connectivity index (χ3n) is 6.00. The SMILES string of the molecule is CCCn1c(NCCc2ccccc2)c(/C=C2/SC(=S)N(C(C)CC)C2=O)c(C)c(C#N)c1=O. The molecule has 2 aromatic rings. The van der Waals surface area contributed by atoms with Crippen molar-refractivity contribution < 1.29 is 4.79 Å². The summed E-state index contributed by atoms with van der Waals surface area (Å²) in [6.45, 7) is 8.82. The van der Waals surface area contributed by atoms with Gasteiger partial charge in [-0.2, -0.15) is 5.26 Å². The predicted octanol–water partition coefficient (Wildman–Crippen LogP) is 5.09. The average Bonchev–Trinajstić information content (AvgIpc) is 3.11. The number of rotatable bonds is 9. The second-order valence-electron chi connectivity index (χ2n) is 8.30. The van der Waals surface area contributed by atoms with Crippen molar-refractivity contribution >= 4 is 46.1 Å². The van der Waals surface area contributed by atoms with Crippen LogP contribution in [-0.2, 0) is 17.8 Å². The highest BCUT2D eigenvalue weighted by atomic mass is 32.2. The molecule has 2 heterocycles. The largest absolute Gasteiger partial charge is 0.371 e. The highest BCUT2D eigenvalue weighted by Gasteiger charge is 2.35. The molecular weight excluding hydrogens is 464 g/mol. The van der Waals surface area contributed by atoms with Gasteiger partial charge in [0.25, 0.3) is 11.5 Å². The Bertz CT molecular complexity index is 1210. The lowest BCUT2D eigenvalue weighted by Gasteiger charge is -2.21. The maximum absolute atomic E-state index is 13.2. The molecule has 1 unspecified atom stereocenters. The van der Waals surface area contributed by atoms with Crippen LogP contribution >= 0.6 is 24.0 Å². The number of hydrogen-bond acceptors (Lipinski definition) is 6. The van der Waals surface area contributed by atoms with Crippen molar-refractivity contribution in [1.29, 1.82) is 5.26 Å². The number of hydrogen-bond donors (Lipinski definition) is 1. The van der Waals surface area contributed by atoms with Crippen LogP contribution in [0.3, 0.4) is 0 Å². The molecule has 1 amide bonds. The molecular formula is C26H30N4O2S2. The number of nitriles is 1. The van der Waals surface area contributed by atoms with Crippen molar-refractivity contribution in [2.75, 3.05) is 11.9 Å². The minimum Gasteiger partial charge on any atom is -0.371 e. The fourth-order valence-electron chi connectivity index (χ4n) is 3.93. The molecule has 1 saturated heterocycles. The number of nitrogens with one attached hydrogen (secondary N) is 1. The minimum atomic E-state index is -0.312. The summed E-state index contributed by atoms with van der Waals surface area (Å²) in [7, 11) is 0. The van der Waals surface area contributed by atoms with Crippen LogP contribution in [0.5, 0.6) is 0 Å². The Hall–Kier alpha value is -2.89. The smallest absolute Gasteiger partial charge is 0.270 e. The van der Waals surface area contributed by atoms with Crippen LogP contribution in [0.2, 0.25) is 0 Å². The van der Waals surface area contributed by atoms with Gasteiger partial charge >= 0.3 is 0 Å². The van der Waals surface area contributed by atoms with Gasteiger partial charge in [-0.15, -0.1) is 0 Å². The molecule has 3 rings (SSSR count). The maximum Gasteiger partial charge on any atom is 0.270 e. The summed E-state index contributed by atoms with van der Waals surface area (Å²) in [5, 5.41) is 13.2. The van der Waals surface area contributed by atoms with Crippen LogP contribution in [0.15, 0.2) is 40.0 Å². The van der Waals surface area contributed by atoms with Crippen molar-refractivity contribution in [2.45, 2.75) is 59.5 Å². The van der Waals surface area contributed by atoms with E-state index in [2.05, 4.69) is 23.5 Å². The number of anilines is 1. The number of carbonyl (C=O) groups is 1. The van der Waals surface area contributed by atoms with E-state index in [0.29, 0.717) is 39.3 Å². The lowest BCUT2D eigenvalue weighted by Crippen LogP contribution is -2.36. The van der Waals surface area contributed by atoms with Crippen LogP contribution in [0.25, 0.3) is 6.08 Å². The Kier molecular flexibility index (Phi) is 8.70. The number of nitrogens with zero attached hydrogens (tertiary/aromatic N) is 3. The zero-order valence-corrected chi connectivity index (χ0v) is 21.7. The van der Waals surface area contributed by atoms with Crippen molar-refractivity contribution in [3.05, 3.63) is 67.8 Å². The van der Waals surface area contributed by atoms with Crippen LogP contribution in [0.1, 0.15) is 55.9 Å². The van der Waals surface area contributed by atoms with Crippen molar-refractivity contribution in [1.82, 2.24) is 9.47 Å². The number of carbonyl (C=O) groups excluding carboxylic acids is 1. The van der Waals surface area contributed by atoms with E-state index in [4.69, 9.17) is 12.2 Å². The molecule has 1 aromatic carbocycles. The van der Waals surface area contributed by atoms with Gasteiger partial charge in [-0.3, -0.25) is 19.1 Å². The molecule has 0 spiro atoms. The second kappa shape index (κ2) is 11.5. The molecule has 1 atom stereocenters. The molecule has 0 aliphatic carbocycles. The fraction of sp³-hybridized carbons (Fsp3) is 0.385. The Balaban J connectivity index is 2.09. The average molecular weight is 495 g/mol. The lowest BCUT2D eigenvalue weighted by molar-refractivity contribution is -0.123. The lowest BCUT2D eigenvalue weighted by atomic mass is 10.0. The summed E-state index contributed by atoms with van der Waals surface area (Å²) in [6, 6.07) is 12.2. The van der Waals surface area contributed by atoms with Crippen molar-refractivity contribution in [3.63, 3.8) is 0 Å². The van der Waals surface area contributed by atoms with E-state index in [1.807, 2.05) is 39.0 Å². The molecule has 0 radical (unpaired) electrons. The number of aromatic nitrogens is 1. The quantitative estimate of drug-likeness (QED) is 0.386. The van der Waals surface area contributed by atoms with E-state index in [0.717, 1.165) is 19.3 Å². The summed E-state index contributed by atoms with van der Waals surface area (Å²) in [5.74, 6) is 0.499. The zero-order chi connectivity index (χ0) is 24.8. The van der Waals surface area contributed by atoms with Gasteiger partial charge < -0.3 is 5.32 Å². The Morgan fingerprint density at radius 3 is 2.56 bits per heavy atom. The summed E-state index contributed by atoms with van der Waals surface area (Å²) in [4.78, 5) is 28.5. The van der Waals surface area contributed by atoms with Crippen molar-refractivity contribution in [2.24, 2.45) is 0 Å². The molecule has 8 heteroatoms. The van der Waals surface area contributed by atoms with E-state index in [-0.39, 0.29) is 23.1 Å². The molecule has 0 bridgehead atoms. The number of amides is 1. The molecule has 1 aliphatic heterocycles. The molecule has 1 fully saturated rings. The molecule has 1 N–H and O–H groups in total. The Morgan fingerprint density at radius 1 is 1.24 bits per heavy atom. The zero-order valence-electron chi connectivity index (χ0n) is 20.1. The first kappa shape index (κ1) is 25.7. The van der Waals surface area contributed by atoms with Gasteiger partial charge in [0.05, 0.1) is 4.91 Å². The fourth-order valence-corrected chi connectivity index (χ4v) is 5.38. The summed E-state index contributed by atoms with van der Waals surface area (Å²) >= 11 is 6.75. The highest BCUT2D eigenvalue weighted by Crippen LogP contribution is 2.36. The van der Waals surface area contributed by atoms with Gasteiger partial charge in [0.2, 0.25) is 0 Å². The predicted molar refractivity (Wildman–Crippen MR) is 144 cm³/mol. The molecule has 0 saturated carbocycles. The standard InChI is InChI=1S/C26H30N4O2S2/c1-5-14-29-23(28-13-12-19-10-8-7-9-11-19)20(18(4)21(16-27)24(29)31)15-22-25(32)30(17(3)6-2)26(33)34-22/h7-11,15,17,28H,5-6,12-14H2,1-4H3/b22-15+. The first-order chi connectivity index (χ1) is 16.3. The van der Waals surface area contributed by atoms with Crippen LogP contribution in [0.4, 0.5) is 5.82 Å². The first-order valence-corrected chi connectivity index (χ1v) is 12.8. The van der Waals surface area contributed by atoms with Gasteiger partial charge in [-0.1, -0.05) is 68.2 Å². The normalized spacial score (nSPS) is 15.6. The minimum absolute atomic E-state index is 0.00618. The van der Waals surface area contributed by atoms with E-state index in [1.54, 1.807) is 22.5 Å². The van der Waals surface area contributed by atoms with E-state index < -0.39 is 0 Å². The first-order valence-electron chi connectivity index (χ1n) is 11.6. The molecule has 1 aliphatic rings. The third kappa shape index (κ3) is 5.26. The number of thioether (sulfide) groups is 1. The summed E-state index contributed by atoms with van der Waals surface area (Å²) in [6.07, 6.45) is 4.09. The second-order valence-corrected chi connectivity index (χ2v) is 9.98. The summed E-state index contributed by atoms with van der Waals surface area (Å²) < 4.78 is 2.15. The Morgan fingerprint density at radius 2 is 1.94 bits per heavy atom. The molecule has 6 nitrogen and oxygen atoms in total. The molecule has 34 heavy (non-hydrogen) atoms. The molecule has 178 valence electrons. The van der Waals surface area contributed by atoms with Crippen LogP contribution in [0, 0.1) is 18.3 Å². The van der Waals surface area contributed by atoms with Crippen LogP contribution in [-0.4, -0.2) is 32.3 Å². The molecule has 1 aromatic heterocycles. The number of thiocarbonyl (C=S) groups is 1. The van der Waals surface area contributed by atoms with E-state index >= 15 is 0 Å². The van der Waals surface area contributed by atoms with Gasteiger partial charge in [-0.25, -0.2) is 0 Å². The van der Waals surface area contributed by atoms with Crippen LogP contribution < -0.4 is 10.9 Å². The van der Waals surface area contributed by atoms with Gasteiger partial charge in [0, 0.05) is 24.7 Å². The van der Waals surface area contributed by atoms with E-state index in [1.165, 1.54) is 17.3 Å². The van der Waals surface area contributed by atoms with Gasteiger partial charge in [0.15, 0.2) is 0 Å². The number of benzene rings is 1. The highest BCUT2D eigenvalue weighted by molar-refractivity contribution is 8.26. The number of pyridine rings is 1. The van der Waals surface area contributed by atoms with Gasteiger partial charge in [-0.05, 0) is 50.3 Å². The van der Waals surface area contributed by atoms with Gasteiger partial charge in [0.1, 0.15) is 21.8 Å². The van der Waals surface area contributed by atoms with Crippen molar-refractivity contribution in [3.8, 4) is 6.07 Å². The van der Waals surface area contributed by atoms with E-state index in [9.17, 15) is 14.9 Å². The Labute approximate surface area is 210 Å². The monoisotopic (exact) mass is 494 g/mol.